The molecule has 1 aliphatic heterocycles. The first-order valence-corrected chi connectivity index (χ1v) is 16.8. The quantitative estimate of drug-likeness (QED) is 0.203. The third-order valence-electron chi connectivity index (χ3n) is 9.94. The molecule has 0 radical (unpaired) electrons. The second kappa shape index (κ2) is 17.5. The summed E-state index contributed by atoms with van der Waals surface area (Å²) in [6.45, 7) is 0.997. The number of carboxylic acid groups (broad SMARTS) is 1. The SMILES string of the molecule is COc1ccccc1C(=O)NC1CCN(C(=O)[C@H]2CC[C@@](C(=O)N[C@@H](Cc3ccccc3)C(=O)O)(c3ccccc3)c3ccccc32)CC1.S.S. The maximum atomic E-state index is 14.5. The molecule has 4 aromatic rings. The number of nitrogens with one attached hydrogen (secondary N) is 2. The zero-order valence-electron chi connectivity index (χ0n) is 28.5. The van der Waals surface area contributed by atoms with E-state index < -0.39 is 29.3 Å². The molecule has 4 aromatic carbocycles. The molecule has 1 fully saturated rings. The molecule has 0 unspecified atom stereocenters. The Labute approximate surface area is 312 Å². The molecule has 0 bridgehead atoms. The van der Waals surface area contributed by atoms with Gasteiger partial charge in [-0.1, -0.05) is 97.1 Å². The van der Waals surface area contributed by atoms with Crippen LogP contribution in [0.4, 0.5) is 0 Å². The lowest BCUT2D eigenvalue weighted by Gasteiger charge is -2.43. The van der Waals surface area contributed by atoms with E-state index in [0.717, 1.165) is 16.7 Å². The minimum Gasteiger partial charge on any atom is -0.496 e. The van der Waals surface area contributed by atoms with Crippen LogP contribution in [0.25, 0.3) is 0 Å². The van der Waals surface area contributed by atoms with Crippen LogP contribution < -0.4 is 15.4 Å². The summed E-state index contributed by atoms with van der Waals surface area (Å²) in [5.74, 6) is -1.66. The Bertz CT molecular complexity index is 1820. The monoisotopic (exact) mass is 727 g/mol. The van der Waals surface area contributed by atoms with Gasteiger partial charge in [0.05, 0.1) is 24.0 Å². The van der Waals surface area contributed by atoms with Crippen LogP contribution in [0.3, 0.4) is 0 Å². The van der Waals surface area contributed by atoms with E-state index in [9.17, 15) is 24.3 Å². The normalized spacial score (nSPS) is 18.8. The number of piperidine rings is 1. The van der Waals surface area contributed by atoms with E-state index in [0.29, 0.717) is 55.6 Å². The van der Waals surface area contributed by atoms with Crippen LogP contribution in [0.2, 0.25) is 0 Å². The van der Waals surface area contributed by atoms with Crippen molar-refractivity contribution in [2.24, 2.45) is 0 Å². The van der Waals surface area contributed by atoms with E-state index in [-0.39, 0.29) is 51.3 Å². The number of carbonyl (C=O) groups excluding carboxylic acids is 3. The smallest absolute Gasteiger partial charge is 0.326 e. The number of fused-ring (bicyclic) bond motifs is 1. The van der Waals surface area contributed by atoms with Crippen LogP contribution in [0, 0.1) is 0 Å². The largest absolute Gasteiger partial charge is 0.496 e. The number of hydrogen-bond acceptors (Lipinski definition) is 5. The fourth-order valence-corrected chi connectivity index (χ4v) is 7.38. The number of nitrogens with zero attached hydrogens (tertiary/aromatic N) is 1. The van der Waals surface area contributed by atoms with Gasteiger partial charge in [0.2, 0.25) is 11.8 Å². The van der Waals surface area contributed by atoms with Gasteiger partial charge in [-0.05, 0) is 60.1 Å². The van der Waals surface area contributed by atoms with Crippen molar-refractivity contribution < 1.29 is 29.0 Å². The lowest BCUT2D eigenvalue weighted by atomic mass is 9.62. The van der Waals surface area contributed by atoms with Gasteiger partial charge in [0.15, 0.2) is 0 Å². The van der Waals surface area contributed by atoms with Crippen molar-refractivity contribution in [2.75, 3.05) is 20.2 Å². The van der Waals surface area contributed by atoms with E-state index in [4.69, 9.17) is 4.74 Å². The predicted octanol–water partition coefficient (Wildman–Crippen LogP) is 5.32. The molecule has 3 atom stereocenters. The number of benzene rings is 4. The Balaban J connectivity index is 0.00000292. The zero-order chi connectivity index (χ0) is 34.4. The molecule has 11 heteroatoms. The minimum atomic E-state index is -1.19. The van der Waals surface area contributed by atoms with Crippen molar-refractivity contribution in [3.8, 4) is 5.75 Å². The lowest BCUT2D eigenvalue weighted by molar-refractivity contribution is -0.142. The van der Waals surface area contributed by atoms with Crippen LogP contribution in [-0.2, 0) is 26.2 Å². The van der Waals surface area contributed by atoms with Gasteiger partial charge < -0.3 is 25.4 Å². The van der Waals surface area contributed by atoms with Gasteiger partial charge in [-0.15, -0.1) is 0 Å². The maximum Gasteiger partial charge on any atom is 0.326 e. The Kier molecular flexibility index (Phi) is 13.4. The molecular weight excluding hydrogens is 683 g/mol. The van der Waals surface area contributed by atoms with Crippen LogP contribution >= 0.6 is 27.0 Å². The first-order chi connectivity index (χ1) is 23.8. The number of hydrogen-bond donors (Lipinski definition) is 3. The van der Waals surface area contributed by atoms with Gasteiger partial charge in [-0.3, -0.25) is 14.4 Å². The Morgan fingerprint density at radius 1 is 0.824 bits per heavy atom. The number of carboxylic acids is 1. The average Bonchev–Trinajstić information content (AvgIpc) is 3.14. The summed E-state index contributed by atoms with van der Waals surface area (Å²) in [6, 6.07) is 32.1. The van der Waals surface area contributed by atoms with Crippen molar-refractivity contribution in [3.63, 3.8) is 0 Å². The molecule has 1 heterocycles. The Morgan fingerprint density at radius 2 is 1.43 bits per heavy atom. The predicted molar refractivity (Wildman–Crippen MR) is 206 cm³/mol. The van der Waals surface area contributed by atoms with Crippen molar-refractivity contribution in [1.29, 1.82) is 0 Å². The first-order valence-electron chi connectivity index (χ1n) is 16.8. The molecule has 0 spiro atoms. The van der Waals surface area contributed by atoms with Crippen LogP contribution in [0.15, 0.2) is 109 Å². The summed E-state index contributed by atoms with van der Waals surface area (Å²) in [4.78, 5) is 56.0. The number of carbonyl (C=O) groups is 4. The number of aliphatic carboxylic acids is 1. The highest BCUT2D eigenvalue weighted by Gasteiger charge is 2.49. The van der Waals surface area contributed by atoms with Crippen LogP contribution in [0.5, 0.6) is 5.75 Å². The zero-order valence-corrected chi connectivity index (χ0v) is 30.5. The van der Waals surface area contributed by atoms with Crippen LogP contribution in [-0.4, -0.2) is 66.0 Å². The molecule has 0 aromatic heterocycles. The van der Waals surface area contributed by atoms with Crippen molar-refractivity contribution in [2.45, 2.75) is 55.5 Å². The number of para-hydroxylation sites is 1. The Hall–Kier alpha value is -4.74. The van der Waals surface area contributed by atoms with E-state index in [1.807, 2.05) is 95.9 Å². The number of amides is 3. The molecule has 0 saturated carbocycles. The second-order valence-electron chi connectivity index (χ2n) is 12.8. The van der Waals surface area contributed by atoms with Crippen molar-refractivity contribution >= 4 is 50.7 Å². The third-order valence-corrected chi connectivity index (χ3v) is 9.94. The van der Waals surface area contributed by atoms with Crippen molar-refractivity contribution in [1.82, 2.24) is 15.5 Å². The maximum absolute atomic E-state index is 14.5. The molecule has 1 aliphatic carbocycles. The van der Waals surface area contributed by atoms with Gasteiger partial charge in [-0.25, -0.2) is 4.79 Å². The molecule has 51 heavy (non-hydrogen) atoms. The van der Waals surface area contributed by atoms with E-state index in [1.165, 1.54) is 7.11 Å². The average molecular weight is 728 g/mol. The first kappa shape index (κ1) is 39.1. The van der Waals surface area contributed by atoms with Gasteiger partial charge in [0, 0.05) is 25.6 Å². The highest BCUT2D eigenvalue weighted by molar-refractivity contribution is 7.59. The lowest BCUT2D eigenvalue weighted by Crippen LogP contribution is -2.54. The van der Waals surface area contributed by atoms with Gasteiger partial charge in [0.1, 0.15) is 11.8 Å². The minimum absolute atomic E-state index is 0. The molecule has 9 nitrogen and oxygen atoms in total. The number of likely N-dealkylation sites (tertiary alicyclic amines) is 1. The van der Waals surface area contributed by atoms with Gasteiger partial charge >= 0.3 is 5.97 Å². The number of methoxy groups -OCH3 is 1. The molecule has 2 aliphatic rings. The standard InChI is InChI=1S/C40H41N3O6.2H2S/c1-49-35-19-11-9-17-32(35)36(44)41-29-21-24-43(25-22-29)37(45)31-20-23-40(28-14-6-3-7-15-28,33-18-10-8-16-30(31)33)39(48)42-34(38(46)47)26-27-12-4-2-5-13-27;;/h2-19,29,31,34H,20-26H2,1H3,(H,41,44)(H,42,48)(H,46,47);2*1H2/t31-,34-,40+;;/m0../s1. The fraction of sp³-hybridized carbons (Fsp3) is 0.300. The molecule has 1 saturated heterocycles. The Morgan fingerprint density at radius 3 is 2.10 bits per heavy atom. The summed E-state index contributed by atoms with van der Waals surface area (Å²) in [5, 5.41) is 16.1. The van der Waals surface area contributed by atoms with Crippen LogP contribution in [0.1, 0.15) is 64.2 Å². The molecule has 6 rings (SSSR count). The summed E-state index contributed by atoms with van der Waals surface area (Å²) < 4.78 is 5.35. The number of ether oxygens (including phenoxy) is 1. The van der Waals surface area contributed by atoms with E-state index in [2.05, 4.69) is 10.6 Å². The molecule has 3 N–H and O–H groups in total. The highest BCUT2D eigenvalue weighted by atomic mass is 32.1. The molecular formula is C40H45N3O6S2. The van der Waals surface area contributed by atoms with Crippen molar-refractivity contribution in [3.05, 3.63) is 137 Å². The summed E-state index contributed by atoms with van der Waals surface area (Å²) in [5.41, 5.74) is 2.34. The summed E-state index contributed by atoms with van der Waals surface area (Å²) in [6.07, 6.45) is 2.13. The summed E-state index contributed by atoms with van der Waals surface area (Å²) in [7, 11) is 1.54. The highest BCUT2D eigenvalue weighted by Crippen LogP contribution is 2.48. The summed E-state index contributed by atoms with van der Waals surface area (Å²) >= 11 is 0. The number of rotatable bonds is 10. The second-order valence-corrected chi connectivity index (χ2v) is 12.8. The van der Waals surface area contributed by atoms with Gasteiger partial charge in [0.25, 0.3) is 5.91 Å². The topological polar surface area (TPSA) is 125 Å². The van der Waals surface area contributed by atoms with E-state index >= 15 is 0 Å². The molecule has 268 valence electrons. The van der Waals surface area contributed by atoms with Gasteiger partial charge in [-0.2, -0.15) is 27.0 Å². The molecule has 3 amide bonds. The third kappa shape index (κ3) is 8.26. The fourth-order valence-electron chi connectivity index (χ4n) is 7.38. The van der Waals surface area contributed by atoms with E-state index in [1.54, 1.807) is 18.2 Å².